The Hall–Kier alpha value is -1.11. The van der Waals surface area contributed by atoms with Crippen LogP contribution in [0.1, 0.15) is 10.4 Å². The number of halogens is 1. The number of benzene rings is 1. The van der Waals surface area contributed by atoms with Crippen molar-refractivity contribution >= 4 is 27.3 Å². The summed E-state index contributed by atoms with van der Waals surface area (Å²) in [7, 11) is -3.13. The molecule has 20 heavy (non-hydrogen) atoms. The molecule has 0 radical (unpaired) electrons. The quantitative estimate of drug-likeness (QED) is 0.775. The second-order valence-electron chi connectivity index (χ2n) is 5.06. The summed E-state index contributed by atoms with van der Waals surface area (Å²) in [6.45, 7) is 0.769. The third kappa shape index (κ3) is 2.55. The summed E-state index contributed by atoms with van der Waals surface area (Å²) in [5.74, 6) is -0.219. The van der Waals surface area contributed by atoms with Gasteiger partial charge in [-0.2, -0.15) is 0 Å². The van der Waals surface area contributed by atoms with E-state index >= 15 is 0 Å². The second kappa shape index (κ2) is 5.02. The molecule has 2 aliphatic heterocycles. The van der Waals surface area contributed by atoms with Crippen LogP contribution in [0, 0.1) is 0 Å². The number of carbonyl (C=O) groups is 1. The summed E-state index contributed by atoms with van der Waals surface area (Å²) in [6.07, 6.45) is -0.406. The molecule has 0 saturated carbocycles. The van der Waals surface area contributed by atoms with Crippen molar-refractivity contribution in [2.75, 3.05) is 24.7 Å². The Kier molecular flexibility index (Phi) is 3.48. The van der Waals surface area contributed by atoms with E-state index in [-0.39, 0.29) is 23.5 Å². The van der Waals surface area contributed by atoms with Crippen molar-refractivity contribution in [3.63, 3.8) is 0 Å². The number of carbonyl (C=O) groups excluding carboxylic acids is 1. The summed E-state index contributed by atoms with van der Waals surface area (Å²) in [4.78, 5) is 14.1. The van der Waals surface area contributed by atoms with Crippen LogP contribution in [0.2, 0.25) is 5.02 Å². The Bertz CT molecular complexity index is 646. The molecular formula is C13H14ClNO4S. The molecule has 0 aromatic heterocycles. The lowest BCUT2D eigenvalue weighted by Gasteiger charge is -2.36. The highest BCUT2D eigenvalue weighted by atomic mass is 35.5. The smallest absolute Gasteiger partial charge is 0.254 e. The molecule has 7 heteroatoms. The van der Waals surface area contributed by atoms with Crippen LogP contribution in [0.5, 0.6) is 0 Å². The van der Waals surface area contributed by atoms with E-state index in [4.69, 9.17) is 16.3 Å². The number of hydrogen-bond donors (Lipinski definition) is 0. The van der Waals surface area contributed by atoms with Crippen molar-refractivity contribution in [3.8, 4) is 0 Å². The predicted molar refractivity (Wildman–Crippen MR) is 74.7 cm³/mol. The van der Waals surface area contributed by atoms with Gasteiger partial charge in [0.25, 0.3) is 5.91 Å². The van der Waals surface area contributed by atoms with Gasteiger partial charge in [0.1, 0.15) is 0 Å². The molecule has 2 fully saturated rings. The van der Waals surface area contributed by atoms with E-state index in [2.05, 4.69) is 0 Å². The molecule has 2 atom stereocenters. The van der Waals surface area contributed by atoms with Crippen molar-refractivity contribution in [1.29, 1.82) is 0 Å². The molecule has 0 aliphatic carbocycles. The fourth-order valence-electron chi connectivity index (χ4n) is 2.75. The Morgan fingerprint density at radius 3 is 2.90 bits per heavy atom. The number of ether oxygens (including phenoxy) is 1. The zero-order valence-electron chi connectivity index (χ0n) is 10.7. The van der Waals surface area contributed by atoms with Crippen LogP contribution in [0.3, 0.4) is 0 Å². The lowest BCUT2D eigenvalue weighted by Crippen LogP contribution is -2.53. The summed E-state index contributed by atoms with van der Waals surface area (Å²) in [5.41, 5.74) is 0.474. The van der Waals surface area contributed by atoms with Crippen LogP contribution in [0.25, 0.3) is 0 Å². The Morgan fingerprint density at radius 2 is 2.15 bits per heavy atom. The first-order chi connectivity index (χ1) is 9.46. The molecule has 2 aliphatic rings. The van der Waals surface area contributed by atoms with Gasteiger partial charge in [-0.25, -0.2) is 8.42 Å². The summed E-state index contributed by atoms with van der Waals surface area (Å²) < 4.78 is 28.9. The standard InChI is InChI=1S/C13H14ClNO4S/c14-10-3-1-2-9(6-10)13(16)15-4-5-19-12-8-20(17,18)7-11(12)15/h1-3,6,11-12H,4-5,7-8H2. The van der Waals surface area contributed by atoms with E-state index < -0.39 is 15.9 Å². The topological polar surface area (TPSA) is 63.7 Å². The zero-order valence-corrected chi connectivity index (χ0v) is 12.2. The normalized spacial score (nSPS) is 28.1. The highest BCUT2D eigenvalue weighted by molar-refractivity contribution is 7.91. The maximum atomic E-state index is 12.5. The lowest BCUT2D eigenvalue weighted by molar-refractivity contribution is -0.0361. The van der Waals surface area contributed by atoms with E-state index in [0.717, 1.165) is 0 Å². The third-order valence-electron chi connectivity index (χ3n) is 3.67. The van der Waals surface area contributed by atoms with Crippen LogP contribution in [0.4, 0.5) is 0 Å². The fraction of sp³-hybridized carbons (Fsp3) is 0.462. The zero-order chi connectivity index (χ0) is 14.3. The van der Waals surface area contributed by atoms with E-state index in [1.54, 1.807) is 29.2 Å². The molecule has 0 spiro atoms. The molecule has 0 N–H and O–H groups in total. The second-order valence-corrected chi connectivity index (χ2v) is 7.65. The van der Waals surface area contributed by atoms with Crippen molar-refractivity contribution in [2.45, 2.75) is 12.1 Å². The largest absolute Gasteiger partial charge is 0.373 e. The van der Waals surface area contributed by atoms with E-state index in [1.165, 1.54) is 0 Å². The first-order valence-electron chi connectivity index (χ1n) is 6.35. The van der Waals surface area contributed by atoms with Crippen LogP contribution >= 0.6 is 11.6 Å². The number of hydrogen-bond acceptors (Lipinski definition) is 4. The third-order valence-corrected chi connectivity index (χ3v) is 5.59. The maximum Gasteiger partial charge on any atom is 0.254 e. The number of fused-ring (bicyclic) bond motifs is 1. The van der Waals surface area contributed by atoms with Gasteiger partial charge in [0, 0.05) is 17.1 Å². The average molecular weight is 316 g/mol. The Labute approximate surface area is 122 Å². The molecule has 2 heterocycles. The lowest BCUT2D eigenvalue weighted by atomic mass is 10.1. The van der Waals surface area contributed by atoms with E-state index in [0.29, 0.717) is 23.7 Å². The first kappa shape index (κ1) is 13.9. The van der Waals surface area contributed by atoms with Gasteiger partial charge in [-0.15, -0.1) is 0 Å². The van der Waals surface area contributed by atoms with Crippen molar-refractivity contribution in [2.24, 2.45) is 0 Å². The molecule has 5 nitrogen and oxygen atoms in total. The highest BCUT2D eigenvalue weighted by Crippen LogP contribution is 2.26. The molecular weight excluding hydrogens is 302 g/mol. The van der Waals surface area contributed by atoms with Gasteiger partial charge in [0.15, 0.2) is 9.84 Å². The molecule has 2 unspecified atom stereocenters. The minimum Gasteiger partial charge on any atom is -0.373 e. The fourth-order valence-corrected chi connectivity index (χ4v) is 4.81. The molecule has 1 aromatic rings. The van der Waals surface area contributed by atoms with Crippen molar-refractivity contribution in [1.82, 2.24) is 4.90 Å². The highest BCUT2D eigenvalue weighted by Gasteiger charge is 2.45. The predicted octanol–water partition coefficient (Wildman–Crippen LogP) is 0.978. The number of rotatable bonds is 1. The molecule has 3 rings (SSSR count). The monoisotopic (exact) mass is 315 g/mol. The summed E-state index contributed by atoms with van der Waals surface area (Å²) in [6, 6.07) is 6.29. The summed E-state index contributed by atoms with van der Waals surface area (Å²) in [5, 5.41) is 0.486. The molecule has 1 amide bonds. The van der Waals surface area contributed by atoms with Crippen molar-refractivity contribution < 1.29 is 17.9 Å². The van der Waals surface area contributed by atoms with Gasteiger partial charge < -0.3 is 9.64 Å². The van der Waals surface area contributed by atoms with Gasteiger partial charge in [0.05, 0.1) is 30.3 Å². The van der Waals surface area contributed by atoms with E-state index in [9.17, 15) is 13.2 Å². The van der Waals surface area contributed by atoms with Crippen molar-refractivity contribution in [3.05, 3.63) is 34.9 Å². The van der Waals surface area contributed by atoms with Gasteiger partial charge in [0.2, 0.25) is 0 Å². The maximum absolute atomic E-state index is 12.5. The number of nitrogens with zero attached hydrogens (tertiary/aromatic N) is 1. The molecule has 1 aromatic carbocycles. The van der Waals surface area contributed by atoms with Crippen LogP contribution in [0.15, 0.2) is 24.3 Å². The van der Waals surface area contributed by atoms with Crippen LogP contribution < -0.4 is 0 Å². The summed E-state index contributed by atoms with van der Waals surface area (Å²) >= 11 is 5.89. The van der Waals surface area contributed by atoms with Gasteiger partial charge >= 0.3 is 0 Å². The average Bonchev–Trinajstić information content (AvgIpc) is 2.71. The molecule has 108 valence electrons. The molecule has 0 bridgehead atoms. The SMILES string of the molecule is O=C(c1cccc(Cl)c1)N1CCOC2CS(=O)(=O)CC21. The Morgan fingerprint density at radius 1 is 1.35 bits per heavy atom. The Balaban J connectivity index is 1.88. The number of morpholine rings is 1. The van der Waals surface area contributed by atoms with Crippen LogP contribution in [-0.4, -0.2) is 56.0 Å². The molecule has 2 saturated heterocycles. The first-order valence-corrected chi connectivity index (χ1v) is 8.55. The van der Waals surface area contributed by atoms with Gasteiger partial charge in [-0.3, -0.25) is 4.79 Å². The number of sulfone groups is 1. The number of amides is 1. The van der Waals surface area contributed by atoms with Gasteiger partial charge in [-0.05, 0) is 18.2 Å². The minimum atomic E-state index is -3.13. The van der Waals surface area contributed by atoms with Crippen LogP contribution in [-0.2, 0) is 14.6 Å². The minimum absolute atomic E-state index is 0.00298. The van der Waals surface area contributed by atoms with Gasteiger partial charge in [-0.1, -0.05) is 17.7 Å². The van der Waals surface area contributed by atoms with E-state index in [1.807, 2.05) is 0 Å².